The fourth-order valence-electron chi connectivity index (χ4n) is 3.77. The number of amides is 2. The lowest BCUT2D eigenvalue weighted by molar-refractivity contribution is -0.127. The average Bonchev–Trinajstić information content (AvgIpc) is 3.10. The third kappa shape index (κ3) is 4.72. The Balaban J connectivity index is 1.62. The van der Waals surface area contributed by atoms with E-state index >= 15 is 0 Å². The van der Waals surface area contributed by atoms with Crippen molar-refractivity contribution in [1.82, 2.24) is 14.5 Å². The Morgan fingerprint density at radius 1 is 1.11 bits per heavy atom. The van der Waals surface area contributed by atoms with Crippen molar-refractivity contribution in [3.05, 3.63) is 29.3 Å². The fourth-order valence-corrected chi connectivity index (χ4v) is 5.31. The molecule has 8 heteroatoms. The van der Waals surface area contributed by atoms with Crippen LogP contribution in [-0.2, 0) is 14.8 Å². The molecule has 28 heavy (non-hydrogen) atoms. The van der Waals surface area contributed by atoms with Crippen LogP contribution in [0.15, 0.2) is 23.1 Å². The van der Waals surface area contributed by atoms with Crippen LogP contribution in [0.3, 0.4) is 0 Å². The van der Waals surface area contributed by atoms with Gasteiger partial charge in [0, 0.05) is 44.7 Å². The summed E-state index contributed by atoms with van der Waals surface area (Å²) in [6.07, 6.45) is 5.00. The van der Waals surface area contributed by atoms with Crippen LogP contribution in [0.2, 0.25) is 0 Å². The highest BCUT2D eigenvalue weighted by Crippen LogP contribution is 2.23. The number of nitrogens with one attached hydrogen (secondary N) is 1. The standard InChI is InChI=1S/C20H29N3O4S/c1-16-8-9-17(28(26,27)23-13-3-2-4-14-23)15-18(16)20(25)21-10-6-12-22-11-5-7-19(22)24/h8-9,15H,2-7,10-14H2,1H3,(H,21,25). The minimum absolute atomic E-state index is 0.174. The topological polar surface area (TPSA) is 86.8 Å². The molecule has 0 aliphatic carbocycles. The largest absolute Gasteiger partial charge is 0.352 e. The molecule has 7 nitrogen and oxygen atoms in total. The molecule has 0 radical (unpaired) electrons. The molecule has 2 aliphatic heterocycles. The smallest absolute Gasteiger partial charge is 0.251 e. The summed E-state index contributed by atoms with van der Waals surface area (Å²) in [6, 6.07) is 4.75. The van der Waals surface area contributed by atoms with Gasteiger partial charge in [-0.3, -0.25) is 9.59 Å². The van der Waals surface area contributed by atoms with Crippen molar-refractivity contribution in [2.45, 2.75) is 50.3 Å². The zero-order valence-corrected chi connectivity index (χ0v) is 17.3. The number of nitrogens with zero attached hydrogens (tertiary/aromatic N) is 2. The predicted octanol–water partition coefficient (Wildman–Crippen LogP) is 1.91. The van der Waals surface area contributed by atoms with Gasteiger partial charge in [0.2, 0.25) is 15.9 Å². The van der Waals surface area contributed by atoms with E-state index in [4.69, 9.17) is 0 Å². The minimum Gasteiger partial charge on any atom is -0.352 e. The van der Waals surface area contributed by atoms with E-state index in [-0.39, 0.29) is 16.7 Å². The molecule has 154 valence electrons. The molecular formula is C20H29N3O4S. The van der Waals surface area contributed by atoms with E-state index in [0.717, 1.165) is 37.8 Å². The first-order chi connectivity index (χ1) is 13.4. The summed E-state index contributed by atoms with van der Waals surface area (Å²) >= 11 is 0. The molecule has 3 rings (SSSR count). The summed E-state index contributed by atoms with van der Waals surface area (Å²) < 4.78 is 27.2. The summed E-state index contributed by atoms with van der Waals surface area (Å²) in [5.41, 5.74) is 1.13. The molecule has 0 saturated carbocycles. The number of piperidine rings is 1. The van der Waals surface area contributed by atoms with Gasteiger partial charge in [0.25, 0.3) is 5.91 Å². The highest BCUT2D eigenvalue weighted by atomic mass is 32.2. The lowest BCUT2D eigenvalue weighted by Gasteiger charge is -2.26. The number of hydrogen-bond acceptors (Lipinski definition) is 4. The Morgan fingerprint density at radius 2 is 1.86 bits per heavy atom. The highest BCUT2D eigenvalue weighted by Gasteiger charge is 2.27. The lowest BCUT2D eigenvalue weighted by Crippen LogP contribution is -2.36. The molecule has 0 bridgehead atoms. The van der Waals surface area contributed by atoms with Crippen molar-refractivity contribution in [1.29, 1.82) is 0 Å². The first-order valence-corrected chi connectivity index (χ1v) is 11.5. The van der Waals surface area contributed by atoms with Gasteiger partial charge in [-0.2, -0.15) is 4.31 Å². The van der Waals surface area contributed by atoms with Crippen LogP contribution < -0.4 is 5.32 Å². The van der Waals surface area contributed by atoms with Crippen molar-refractivity contribution >= 4 is 21.8 Å². The Morgan fingerprint density at radius 3 is 2.54 bits per heavy atom. The molecule has 2 amide bonds. The molecule has 2 aliphatic rings. The van der Waals surface area contributed by atoms with Crippen molar-refractivity contribution in [2.75, 3.05) is 32.7 Å². The molecule has 0 unspecified atom stereocenters. The molecule has 1 aromatic carbocycles. The number of hydrogen-bond donors (Lipinski definition) is 1. The van der Waals surface area contributed by atoms with E-state index in [2.05, 4.69) is 5.32 Å². The fraction of sp³-hybridized carbons (Fsp3) is 0.600. The maximum Gasteiger partial charge on any atom is 0.251 e. The van der Waals surface area contributed by atoms with Crippen molar-refractivity contribution < 1.29 is 18.0 Å². The molecule has 1 aromatic rings. The number of carbonyl (C=O) groups is 2. The lowest BCUT2D eigenvalue weighted by atomic mass is 10.1. The van der Waals surface area contributed by atoms with Gasteiger partial charge in [-0.1, -0.05) is 12.5 Å². The normalized spacial score (nSPS) is 18.5. The van der Waals surface area contributed by atoms with Crippen LogP contribution in [0.1, 0.15) is 54.4 Å². The average molecular weight is 408 g/mol. The monoisotopic (exact) mass is 407 g/mol. The van der Waals surface area contributed by atoms with Gasteiger partial charge < -0.3 is 10.2 Å². The Kier molecular flexibility index (Phi) is 6.72. The summed E-state index contributed by atoms with van der Waals surface area (Å²) in [5, 5.41) is 2.85. The third-order valence-electron chi connectivity index (χ3n) is 5.47. The first kappa shape index (κ1) is 20.8. The van der Waals surface area contributed by atoms with Gasteiger partial charge >= 0.3 is 0 Å². The van der Waals surface area contributed by atoms with Crippen LogP contribution in [0.25, 0.3) is 0 Å². The molecule has 2 heterocycles. The zero-order valence-electron chi connectivity index (χ0n) is 16.4. The molecule has 2 fully saturated rings. The Hall–Kier alpha value is -1.93. The van der Waals surface area contributed by atoms with Gasteiger partial charge in [-0.05, 0) is 50.3 Å². The summed E-state index contributed by atoms with van der Waals surface area (Å²) in [4.78, 5) is 26.2. The number of benzene rings is 1. The van der Waals surface area contributed by atoms with E-state index in [0.29, 0.717) is 44.6 Å². The number of likely N-dealkylation sites (tertiary alicyclic amines) is 1. The highest BCUT2D eigenvalue weighted by molar-refractivity contribution is 7.89. The van der Waals surface area contributed by atoms with Crippen molar-refractivity contribution in [3.63, 3.8) is 0 Å². The summed E-state index contributed by atoms with van der Waals surface area (Å²) in [7, 11) is -3.57. The van der Waals surface area contributed by atoms with Crippen LogP contribution in [0, 0.1) is 6.92 Å². The second-order valence-corrected chi connectivity index (χ2v) is 9.47. The van der Waals surface area contributed by atoms with Crippen LogP contribution in [0.5, 0.6) is 0 Å². The molecule has 1 N–H and O–H groups in total. The van der Waals surface area contributed by atoms with Crippen LogP contribution in [-0.4, -0.2) is 62.2 Å². The molecule has 0 spiro atoms. The van der Waals surface area contributed by atoms with E-state index in [1.54, 1.807) is 19.1 Å². The maximum atomic E-state index is 12.9. The van der Waals surface area contributed by atoms with Gasteiger partial charge in [0.05, 0.1) is 4.90 Å². The number of sulfonamides is 1. The van der Waals surface area contributed by atoms with Gasteiger partial charge in [0.15, 0.2) is 0 Å². The number of carbonyl (C=O) groups excluding carboxylic acids is 2. The van der Waals surface area contributed by atoms with E-state index < -0.39 is 10.0 Å². The van der Waals surface area contributed by atoms with Crippen LogP contribution in [0.4, 0.5) is 0 Å². The Bertz CT molecular complexity index is 832. The molecule has 0 atom stereocenters. The van der Waals surface area contributed by atoms with Crippen LogP contribution >= 0.6 is 0 Å². The second kappa shape index (κ2) is 9.05. The summed E-state index contributed by atoms with van der Waals surface area (Å²) in [6.45, 7) is 4.75. The first-order valence-electron chi connectivity index (χ1n) is 10.1. The maximum absolute atomic E-state index is 12.9. The van der Waals surface area contributed by atoms with E-state index in [9.17, 15) is 18.0 Å². The number of rotatable bonds is 7. The summed E-state index contributed by atoms with van der Waals surface area (Å²) in [5.74, 6) is -0.0984. The molecule has 0 aromatic heterocycles. The second-order valence-electron chi connectivity index (χ2n) is 7.54. The molecule has 2 saturated heterocycles. The van der Waals surface area contributed by atoms with Crippen molar-refractivity contribution in [3.8, 4) is 0 Å². The van der Waals surface area contributed by atoms with Gasteiger partial charge in [0.1, 0.15) is 0 Å². The minimum atomic E-state index is -3.57. The molecular weight excluding hydrogens is 378 g/mol. The van der Waals surface area contributed by atoms with Gasteiger partial charge in [-0.15, -0.1) is 0 Å². The van der Waals surface area contributed by atoms with E-state index in [1.807, 2.05) is 4.90 Å². The third-order valence-corrected chi connectivity index (χ3v) is 7.36. The van der Waals surface area contributed by atoms with E-state index in [1.165, 1.54) is 10.4 Å². The quantitative estimate of drug-likeness (QED) is 0.700. The predicted molar refractivity (Wildman–Crippen MR) is 107 cm³/mol. The number of aryl methyl sites for hydroxylation is 1. The van der Waals surface area contributed by atoms with Crippen molar-refractivity contribution in [2.24, 2.45) is 0 Å². The zero-order chi connectivity index (χ0) is 20.1. The Labute approximate surface area is 167 Å². The SMILES string of the molecule is Cc1ccc(S(=O)(=O)N2CCCCC2)cc1C(=O)NCCCN1CCCC1=O. The van der Waals surface area contributed by atoms with Gasteiger partial charge in [-0.25, -0.2) is 8.42 Å².